The van der Waals surface area contributed by atoms with Crippen molar-refractivity contribution in [1.29, 1.82) is 0 Å². The zero-order valence-electron chi connectivity index (χ0n) is 20.9. The molecule has 3 amide bonds. The van der Waals surface area contributed by atoms with Crippen LogP contribution in [0.25, 0.3) is 0 Å². The third-order valence-corrected chi connectivity index (χ3v) is 5.39. The summed E-state index contributed by atoms with van der Waals surface area (Å²) in [7, 11) is 1.94. The quantitative estimate of drug-likeness (QED) is 0.141. The number of hydrogen-bond acceptors (Lipinski definition) is 6. The standard InChI is InChI=1S/C27H34N4O5/c1-4-5-6-17-31(3)18-24(33)28-23-15-11-21(12-16-23)8-7-20-9-13-22(14-10-20)26(34)29-25(19(2)32)27(35)30-36/h9-16,19,25,32,36H,4-6,17-18H2,1-3H3,(H,28,33)(H,29,34)(H,30,35). The van der Waals surface area contributed by atoms with Gasteiger partial charge in [0.2, 0.25) is 5.91 Å². The summed E-state index contributed by atoms with van der Waals surface area (Å²) in [6, 6.07) is 12.4. The first-order chi connectivity index (χ1) is 17.2. The number of aliphatic hydroxyl groups is 1. The molecule has 0 aromatic heterocycles. The number of nitrogens with zero attached hydrogens (tertiary/aromatic N) is 1. The second-order valence-corrected chi connectivity index (χ2v) is 8.57. The van der Waals surface area contributed by atoms with Crippen LogP contribution in [0.2, 0.25) is 0 Å². The Kier molecular flexibility index (Phi) is 11.6. The molecule has 9 heteroatoms. The molecule has 192 valence electrons. The highest BCUT2D eigenvalue weighted by molar-refractivity contribution is 5.97. The molecule has 0 fully saturated rings. The number of rotatable bonds is 11. The molecule has 2 aromatic rings. The number of benzene rings is 2. The molecule has 0 aliphatic carbocycles. The Bertz CT molecular complexity index is 1070. The van der Waals surface area contributed by atoms with Gasteiger partial charge in [0.15, 0.2) is 0 Å². The van der Waals surface area contributed by atoms with Gasteiger partial charge in [-0.25, -0.2) is 5.48 Å². The van der Waals surface area contributed by atoms with Crippen LogP contribution in [0.5, 0.6) is 0 Å². The van der Waals surface area contributed by atoms with Gasteiger partial charge in [-0.1, -0.05) is 31.6 Å². The van der Waals surface area contributed by atoms with E-state index in [2.05, 4.69) is 29.4 Å². The normalized spacial score (nSPS) is 12.2. The summed E-state index contributed by atoms with van der Waals surface area (Å²) in [5.74, 6) is 4.49. The molecule has 0 aliphatic rings. The lowest BCUT2D eigenvalue weighted by Gasteiger charge is -2.19. The fourth-order valence-electron chi connectivity index (χ4n) is 3.34. The van der Waals surface area contributed by atoms with Crippen molar-refractivity contribution in [2.75, 3.05) is 25.5 Å². The number of nitrogens with one attached hydrogen (secondary N) is 3. The SMILES string of the molecule is CCCCCN(C)CC(=O)Nc1ccc(C#Cc2ccc(C(=O)NC(C(=O)NO)C(C)O)cc2)cc1. The van der Waals surface area contributed by atoms with Gasteiger partial charge < -0.3 is 15.7 Å². The first-order valence-electron chi connectivity index (χ1n) is 11.9. The zero-order chi connectivity index (χ0) is 26.5. The Morgan fingerprint density at radius 3 is 2.08 bits per heavy atom. The van der Waals surface area contributed by atoms with Crippen molar-refractivity contribution in [3.8, 4) is 11.8 Å². The first-order valence-corrected chi connectivity index (χ1v) is 11.9. The number of carbonyl (C=O) groups excluding carboxylic acids is 3. The summed E-state index contributed by atoms with van der Waals surface area (Å²) in [4.78, 5) is 38.1. The largest absolute Gasteiger partial charge is 0.391 e. The maximum Gasteiger partial charge on any atom is 0.268 e. The third-order valence-electron chi connectivity index (χ3n) is 5.39. The Balaban J connectivity index is 1.92. The lowest BCUT2D eigenvalue weighted by Crippen LogP contribution is -2.51. The topological polar surface area (TPSA) is 131 Å². The van der Waals surface area contributed by atoms with Gasteiger partial charge in [0.1, 0.15) is 6.04 Å². The summed E-state index contributed by atoms with van der Waals surface area (Å²) in [5, 5.41) is 23.6. The van der Waals surface area contributed by atoms with Crippen LogP contribution in [0.4, 0.5) is 5.69 Å². The maximum absolute atomic E-state index is 12.3. The number of hydroxylamine groups is 1. The van der Waals surface area contributed by atoms with Gasteiger partial charge in [0.05, 0.1) is 12.6 Å². The number of anilines is 1. The average Bonchev–Trinajstić information content (AvgIpc) is 2.86. The fraction of sp³-hybridized carbons (Fsp3) is 0.370. The maximum atomic E-state index is 12.3. The molecule has 0 saturated carbocycles. The zero-order valence-corrected chi connectivity index (χ0v) is 20.9. The molecule has 0 spiro atoms. The molecule has 36 heavy (non-hydrogen) atoms. The van der Waals surface area contributed by atoms with E-state index in [1.165, 1.54) is 12.4 Å². The number of amides is 3. The molecule has 0 bridgehead atoms. The third kappa shape index (κ3) is 9.50. The molecule has 9 nitrogen and oxygen atoms in total. The van der Waals surface area contributed by atoms with Crippen LogP contribution in [0.1, 0.15) is 54.6 Å². The minimum absolute atomic E-state index is 0.0614. The van der Waals surface area contributed by atoms with Crippen molar-refractivity contribution in [3.05, 3.63) is 65.2 Å². The second kappa shape index (κ2) is 14.6. The van der Waals surface area contributed by atoms with Crippen LogP contribution < -0.4 is 16.1 Å². The molecule has 0 heterocycles. The highest BCUT2D eigenvalue weighted by atomic mass is 16.5. The van der Waals surface area contributed by atoms with Crippen molar-refractivity contribution in [2.45, 2.75) is 45.3 Å². The summed E-state index contributed by atoms with van der Waals surface area (Å²) in [6.45, 7) is 4.71. The molecule has 0 aliphatic heterocycles. The molecule has 2 aromatic carbocycles. The monoisotopic (exact) mass is 494 g/mol. The molecule has 2 unspecified atom stereocenters. The number of hydrogen-bond donors (Lipinski definition) is 5. The summed E-state index contributed by atoms with van der Waals surface area (Å²) >= 11 is 0. The van der Waals surface area contributed by atoms with Crippen LogP contribution in [-0.4, -0.2) is 65.2 Å². The minimum Gasteiger partial charge on any atom is -0.391 e. The molecular weight excluding hydrogens is 460 g/mol. The van der Waals surface area contributed by atoms with E-state index in [9.17, 15) is 19.5 Å². The van der Waals surface area contributed by atoms with Crippen molar-refractivity contribution >= 4 is 23.4 Å². The van der Waals surface area contributed by atoms with Crippen molar-refractivity contribution in [1.82, 2.24) is 15.7 Å². The summed E-state index contributed by atoms with van der Waals surface area (Å²) < 4.78 is 0. The van der Waals surface area contributed by atoms with Crippen LogP contribution in [0.3, 0.4) is 0 Å². The number of likely N-dealkylation sites (N-methyl/N-ethyl adjacent to an activating group) is 1. The number of unbranched alkanes of at least 4 members (excludes halogenated alkanes) is 2. The predicted octanol–water partition coefficient (Wildman–Crippen LogP) is 2.13. The van der Waals surface area contributed by atoms with Gasteiger partial charge in [-0.05, 0) is 75.5 Å². The second-order valence-electron chi connectivity index (χ2n) is 8.57. The smallest absolute Gasteiger partial charge is 0.268 e. The first kappa shape index (κ1) is 28.5. The average molecular weight is 495 g/mol. The van der Waals surface area contributed by atoms with E-state index in [0.717, 1.165) is 31.4 Å². The van der Waals surface area contributed by atoms with Crippen LogP contribution in [0, 0.1) is 11.8 Å². The predicted molar refractivity (Wildman–Crippen MR) is 137 cm³/mol. The van der Waals surface area contributed by atoms with E-state index in [4.69, 9.17) is 5.21 Å². The van der Waals surface area contributed by atoms with Gasteiger partial charge >= 0.3 is 0 Å². The molecule has 2 atom stereocenters. The lowest BCUT2D eigenvalue weighted by atomic mass is 10.1. The minimum atomic E-state index is -1.29. The van der Waals surface area contributed by atoms with Crippen LogP contribution >= 0.6 is 0 Å². The highest BCUT2D eigenvalue weighted by Crippen LogP contribution is 2.10. The fourth-order valence-corrected chi connectivity index (χ4v) is 3.34. The lowest BCUT2D eigenvalue weighted by molar-refractivity contribution is -0.133. The van der Waals surface area contributed by atoms with Crippen LogP contribution in [-0.2, 0) is 9.59 Å². The van der Waals surface area contributed by atoms with Gasteiger partial charge in [-0.15, -0.1) is 0 Å². The number of carbonyl (C=O) groups is 3. The van der Waals surface area contributed by atoms with Gasteiger partial charge in [0.25, 0.3) is 11.8 Å². The van der Waals surface area contributed by atoms with Crippen molar-refractivity contribution < 1.29 is 24.7 Å². The van der Waals surface area contributed by atoms with Crippen LogP contribution in [0.15, 0.2) is 48.5 Å². The number of aliphatic hydroxyl groups excluding tert-OH is 1. The highest BCUT2D eigenvalue weighted by Gasteiger charge is 2.25. The van der Waals surface area contributed by atoms with E-state index in [-0.39, 0.29) is 11.5 Å². The van der Waals surface area contributed by atoms with Gasteiger partial charge in [-0.3, -0.25) is 24.5 Å². The molecular formula is C27H34N4O5. The molecule has 2 rings (SSSR count). The van der Waals surface area contributed by atoms with E-state index in [0.29, 0.717) is 17.8 Å². The molecule has 0 radical (unpaired) electrons. The Labute approximate surface area is 211 Å². The van der Waals surface area contributed by atoms with Gasteiger partial charge in [-0.2, -0.15) is 0 Å². The Hall–Kier alpha value is -3.71. The molecule has 0 saturated heterocycles. The van der Waals surface area contributed by atoms with E-state index < -0.39 is 24.0 Å². The van der Waals surface area contributed by atoms with Crippen molar-refractivity contribution in [3.63, 3.8) is 0 Å². The van der Waals surface area contributed by atoms with E-state index >= 15 is 0 Å². The molecule has 5 N–H and O–H groups in total. The van der Waals surface area contributed by atoms with E-state index in [1.807, 2.05) is 24.1 Å². The van der Waals surface area contributed by atoms with Gasteiger partial charge in [0, 0.05) is 22.4 Å². The summed E-state index contributed by atoms with van der Waals surface area (Å²) in [6.07, 6.45) is 2.19. The summed E-state index contributed by atoms with van der Waals surface area (Å²) in [5.41, 5.74) is 3.83. The van der Waals surface area contributed by atoms with E-state index in [1.54, 1.807) is 36.4 Å². The van der Waals surface area contributed by atoms with Crippen molar-refractivity contribution in [2.24, 2.45) is 0 Å². The Morgan fingerprint density at radius 2 is 1.56 bits per heavy atom. The Morgan fingerprint density at radius 1 is 0.972 bits per heavy atom.